The molecule has 7 heteroatoms. The Morgan fingerprint density at radius 2 is 2.00 bits per heavy atom. The maximum absolute atomic E-state index is 12.3. The molecule has 0 spiro atoms. The quantitative estimate of drug-likeness (QED) is 0.699. The molecule has 4 amide bonds. The molecule has 2 fully saturated rings. The molecule has 1 saturated heterocycles. The minimum absolute atomic E-state index is 0.0234. The van der Waals surface area contributed by atoms with E-state index in [1.165, 1.54) is 11.9 Å². The minimum atomic E-state index is -0.432. The van der Waals surface area contributed by atoms with Gasteiger partial charge in [0.15, 0.2) is 0 Å². The van der Waals surface area contributed by atoms with E-state index >= 15 is 0 Å². The van der Waals surface area contributed by atoms with Crippen molar-refractivity contribution < 1.29 is 19.5 Å². The van der Waals surface area contributed by atoms with Crippen LogP contribution in [0.1, 0.15) is 25.7 Å². The number of nitrogens with zero attached hydrogens (tertiary/aromatic N) is 3. The predicted molar refractivity (Wildman–Crippen MR) is 70.8 cm³/mol. The Bertz CT molecular complexity index is 406. The SMILES string of the molecule is CN1CC(=O)N(CC(=O)N(CCO)C2CCCC2)C1=O. The molecule has 1 aliphatic carbocycles. The van der Waals surface area contributed by atoms with Gasteiger partial charge in [0.25, 0.3) is 5.91 Å². The van der Waals surface area contributed by atoms with Gasteiger partial charge < -0.3 is 14.9 Å². The number of aliphatic hydroxyl groups excluding tert-OH is 1. The van der Waals surface area contributed by atoms with Crippen molar-refractivity contribution in [1.29, 1.82) is 0 Å². The first-order valence-corrected chi connectivity index (χ1v) is 7.00. The van der Waals surface area contributed by atoms with Crippen molar-refractivity contribution in [2.45, 2.75) is 31.7 Å². The molecule has 1 N–H and O–H groups in total. The van der Waals surface area contributed by atoms with Crippen molar-refractivity contribution in [3.63, 3.8) is 0 Å². The Morgan fingerprint density at radius 1 is 1.35 bits per heavy atom. The number of urea groups is 1. The van der Waals surface area contributed by atoms with Gasteiger partial charge in [-0.3, -0.25) is 14.5 Å². The molecule has 0 unspecified atom stereocenters. The number of aliphatic hydroxyl groups is 1. The van der Waals surface area contributed by atoms with E-state index in [9.17, 15) is 14.4 Å². The summed E-state index contributed by atoms with van der Waals surface area (Å²) >= 11 is 0. The van der Waals surface area contributed by atoms with Gasteiger partial charge in [-0.15, -0.1) is 0 Å². The average molecular weight is 283 g/mol. The Labute approximate surface area is 118 Å². The summed E-state index contributed by atoms with van der Waals surface area (Å²) in [7, 11) is 1.53. The number of carbonyl (C=O) groups excluding carboxylic acids is 3. The molecule has 0 aromatic carbocycles. The zero-order valence-electron chi connectivity index (χ0n) is 11.7. The van der Waals surface area contributed by atoms with Gasteiger partial charge in [0.1, 0.15) is 13.1 Å². The van der Waals surface area contributed by atoms with Crippen LogP contribution in [0.5, 0.6) is 0 Å². The van der Waals surface area contributed by atoms with Crippen LogP contribution in [0.3, 0.4) is 0 Å². The number of imide groups is 1. The van der Waals surface area contributed by atoms with E-state index in [1.54, 1.807) is 4.90 Å². The Morgan fingerprint density at radius 3 is 2.50 bits per heavy atom. The molecule has 112 valence electrons. The molecule has 0 atom stereocenters. The van der Waals surface area contributed by atoms with Crippen LogP contribution in [0, 0.1) is 0 Å². The van der Waals surface area contributed by atoms with Gasteiger partial charge >= 0.3 is 6.03 Å². The van der Waals surface area contributed by atoms with E-state index in [4.69, 9.17) is 5.11 Å². The number of rotatable bonds is 5. The molecule has 1 saturated carbocycles. The van der Waals surface area contributed by atoms with Crippen LogP contribution in [0.2, 0.25) is 0 Å². The third-order valence-corrected chi connectivity index (χ3v) is 3.95. The van der Waals surface area contributed by atoms with Crippen molar-refractivity contribution in [3.05, 3.63) is 0 Å². The topological polar surface area (TPSA) is 81.2 Å². The third kappa shape index (κ3) is 2.92. The fraction of sp³-hybridized carbons (Fsp3) is 0.769. The van der Waals surface area contributed by atoms with Gasteiger partial charge in [0, 0.05) is 19.6 Å². The molecular weight excluding hydrogens is 262 g/mol. The monoisotopic (exact) mass is 283 g/mol. The molecular formula is C13H21N3O4. The summed E-state index contributed by atoms with van der Waals surface area (Å²) < 4.78 is 0. The second-order valence-electron chi connectivity index (χ2n) is 5.37. The summed E-state index contributed by atoms with van der Waals surface area (Å²) in [6, 6.07) is -0.307. The van der Waals surface area contributed by atoms with Crippen molar-refractivity contribution in [2.75, 3.05) is 33.3 Å². The minimum Gasteiger partial charge on any atom is -0.395 e. The van der Waals surface area contributed by atoms with Crippen molar-refractivity contribution >= 4 is 17.8 Å². The number of amides is 4. The lowest BCUT2D eigenvalue weighted by molar-refractivity contribution is -0.138. The van der Waals surface area contributed by atoms with Gasteiger partial charge in [-0.2, -0.15) is 0 Å². The van der Waals surface area contributed by atoms with Gasteiger partial charge in [0.2, 0.25) is 5.91 Å². The molecule has 20 heavy (non-hydrogen) atoms. The fourth-order valence-electron chi connectivity index (χ4n) is 2.89. The molecule has 0 aromatic rings. The molecule has 1 heterocycles. The van der Waals surface area contributed by atoms with Crippen molar-refractivity contribution in [2.24, 2.45) is 0 Å². The third-order valence-electron chi connectivity index (χ3n) is 3.95. The van der Waals surface area contributed by atoms with Gasteiger partial charge in [-0.1, -0.05) is 12.8 Å². The van der Waals surface area contributed by atoms with Crippen LogP contribution in [-0.4, -0.2) is 77.0 Å². The Balaban J connectivity index is 2.01. The summed E-state index contributed by atoms with van der Waals surface area (Å²) in [5, 5.41) is 9.10. The smallest absolute Gasteiger partial charge is 0.327 e. The second kappa shape index (κ2) is 6.21. The molecule has 0 radical (unpaired) electrons. The number of carbonyl (C=O) groups is 3. The first-order valence-electron chi connectivity index (χ1n) is 7.00. The van der Waals surface area contributed by atoms with E-state index < -0.39 is 6.03 Å². The normalized spacial score (nSPS) is 20.1. The van der Waals surface area contributed by atoms with Crippen LogP contribution in [-0.2, 0) is 9.59 Å². The fourth-order valence-corrected chi connectivity index (χ4v) is 2.89. The standard InChI is InChI=1S/C13H21N3O4/c1-14-8-11(18)16(13(14)20)9-12(19)15(6-7-17)10-4-2-3-5-10/h10,17H,2-9H2,1H3. The average Bonchev–Trinajstić information content (AvgIpc) is 3.01. The summed E-state index contributed by atoms with van der Waals surface area (Å²) in [6.45, 7) is -0.0480. The van der Waals surface area contributed by atoms with E-state index in [1.807, 2.05) is 0 Å². The van der Waals surface area contributed by atoms with Crippen molar-refractivity contribution in [1.82, 2.24) is 14.7 Å². The van der Waals surface area contributed by atoms with Gasteiger partial charge in [0.05, 0.1) is 6.61 Å². The van der Waals surface area contributed by atoms with Crippen LogP contribution in [0.4, 0.5) is 4.79 Å². The number of likely N-dealkylation sites (N-methyl/N-ethyl adjacent to an activating group) is 1. The molecule has 2 rings (SSSR count). The highest BCUT2D eigenvalue weighted by atomic mass is 16.3. The molecule has 0 aromatic heterocycles. The molecule has 2 aliphatic rings. The first-order chi connectivity index (χ1) is 9.54. The lowest BCUT2D eigenvalue weighted by atomic mass is 10.2. The highest BCUT2D eigenvalue weighted by Gasteiger charge is 2.36. The van der Waals surface area contributed by atoms with Crippen molar-refractivity contribution in [3.8, 4) is 0 Å². The number of hydrogen-bond acceptors (Lipinski definition) is 4. The lowest BCUT2D eigenvalue weighted by Crippen LogP contribution is -2.47. The van der Waals surface area contributed by atoms with Crippen LogP contribution in [0.25, 0.3) is 0 Å². The van der Waals surface area contributed by atoms with Gasteiger partial charge in [-0.05, 0) is 12.8 Å². The van der Waals surface area contributed by atoms with E-state index in [0.29, 0.717) is 0 Å². The van der Waals surface area contributed by atoms with E-state index in [0.717, 1.165) is 30.6 Å². The molecule has 7 nitrogen and oxygen atoms in total. The Kier molecular flexibility index (Phi) is 4.59. The van der Waals surface area contributed by atoms with Crippen LogP contribution in [0.15, 0.2) is 0 Å². The summed E-state index contributed by atoms with van der Waals surface area (Å²) in [4.78, 5) is 39.7. The van der Waals surface area contributed by atoms with E-state index in [2.05, 4.69) is 0 Å². The largest absolute Gasteiger partial charge is 0.395 e. The van der Waals surface area contributed by atoms with Crippen LogP contribution < -0.4 is 0 Å². The second-order valence-corrected chi connectivity index (χ2v) is 5.37. The number of hydrogen-bond donors (Lipinski definition) is 1. The van der Waals surface area contributed by atoms with E-state index in [-0.39, 0.29) is 44.1 Å². The van der Waals surface area contributed by atoms with Crippen LogP contribution >= 0.6 is 0 Å². The zero-order valence-corrected chi connectivity index (χ0v) is 11.7. The zero-order chi connectivity index (χ0) is 14.7. The summed E-state index contributed by atoms with van der Waals surface area (Å²) in [5.41, 5.74) is 0. The Hall–Kier alpha value is -1.63. The highest BCUT2D eigenvalue weighted by Crippen LogP contribution is 2.23. The lowest BCUT2D eigenvalue weighted by Gasteiger charge is -2.29. The molecule has 1 aliphatic heterocycles. The first kappa shape index (κ1) is 14.8. The predicted octanol–water partition coefficient (Wildman–Crippen LogP) is -0.356. The maximum Gasteiger partial charge on any atom is 0.327 e. The summed E-state index contributed by atoms with van der Waals surface area (Å²) in [5.74, 6) is -0.607. The van der Waals surface area contributed by atoms with Gasteiger partial charge in [-0.25, -0.2) is 4.79 Å². The molecule has 0 bridgehead atoms. The maximum atomic E-state index is 12.3. The highest BCUT2D eigenvalue weighted by molar-refractivity contribution is 6.04. The summed E-state index contributed by atoms with van der Waals surface area (Å²) in [6.07, 6.45) is 4.00.